The Morgan fingerprint density at radius 3 is 2.58 bits per heavy atom. The minimum Gasteiger partial charge on any atom is -0.468 e. The molecule has 5 aliphatic heterocycles. The molecule has 3 atom stereocenters. The fraction of sp³-hybridized carbons (Fsp3) is 0.469. The fourth-order valence-electron chi connectivity index (χ4n) is 11.6. The van der Waals surface area contributed by atoms with E-state index >= 15 is 0 Å². The molecule has 1 aliphatic carbocycles. The number of aromatic amines is 1. The number of aryl methyl sites for hydroxylation is 1. The Morgan fingerprint density at radius 1 is 0.970 bits per heavy atom. The first-order chi connectivity index (χ1) is 32.4. The van der Waals surface area contributed by atoms with Gasteiger partial charge in [-0.25, -0.2) is 13.1 Å². The highest BCUT2D eigenvalue weighted by Gasteiger charge is 2.50. The largest absolute Gasteiger partial charge is 0.468 e. The van der Waals surface area contributed by atoms with Crippen molar-refractivity contribution in [1.82, 2.24) is 19.6 Å². The maximum atomic E-state index is 14.6. The molecule has 0 bridgehead atoms. The zero-order valence-electron chi connectivity index (χ0n) is 37.4. The summed E-state index contributed by atoms with van der Waals surface area (Å²) in [6.45, 7) is 7.32. The van der Waals surface area contributed by atoms with E-state index in [1.165, 1.54) is 48.9 Å². The summed E-state index contributed by atoms with van der Waals surface area (Å²) in [4.78, 5) is 40.9. The molecule has 6 aliphatic rings. The van der Waals surface area contributed by atoms with Crippen LogP contribution in [0.15, 0.2) is 77.8 Å². The van der Waals surface area contributed by atoms with Gasteiger partial charge in [-0.3, -0.25) is 19.8 Å². The topological polar surface area (TPSA) is 184 Å². The second-order valence-corrected chi connectivity index (χ2v) is 21.4. The number of hydrogen-bond acceptors (Lipinski definition) is 13. The van der Waals surface area contributed by atoms with E-state index in [1.54, 1.807) is 12.3 Å². The predicted molar refractivity (Wildman–Crippen MR) is 255 cm³/mol. The molecule has 18 heteroatoms. The second kappa shape index (κ2) is 17.6. The molecule has 4 saturated heterocycles. The summed E-state index contributed by atoms with van der Waals surface area (Å²) in [5.41, 5.74) is 5.50. The average Bonchev–Trinajstić information content (AvgIpc) is 4.10. The first-order valence-corrected chi connectivity index (χ1v) is 25.4. The number of halogens is 1. The highest BCUT2D eigenvalue weighted by Crippen LogP contribution is 2.54. The number of nitrogens with zero attached hydrogens (tertiary/aromatic N) is 5. The molecule has 1 spiro atoms. The second-order valence-electron chi connectivity index (χ2n) is 19.3. The highest BCUT2D eigenvalue weighted by atomic mass is 35.5. The Balaban J connectivity index is 0.867. The molecular weight excluding hydrogens is 896 g/mol. The van der Waals surface area contributed by atoms with Crippen LogP contribution in [0, 0.1) is 28.4 Å². The standard InChI is InChI=1S/C49H55ClN8O8S/c1-30-21-33(50)4-7-37(30)40-3-2-16-56(40)35-25-49(26-35)13-17-55(18-14-49)34-5-8-38(41(23-34)57-43-22-32-10-15-51-46(32)53-48(43)66-45-29-65-28-44(45)57)47(59)54-67(62,63)36-6-9-39(42(24-36)58(60)61)52-27-31-11-19-64-20-12-31/h4-10,15,21-24,31,35,40,44-45,52H,2-3,11-14,16-20,25-29H2,1H3,(H,51,53)(H,54,59)/t40-,44+,45+/m0/s1. The molecule has 11 rings (SSSR count). The molecule has 67 heavy (non-hydrogen) atoms. The van der Waals surface area contributed by atoms with Crippen LogP contribution in [0.4, 0.5) is 28.4 Å². The Hall–Kier alpha value is -5.46. The van der Waals surface area contributed by atoms with Crippen LogP contribution < -0.4 is 24.6 Å². The van der Waals surface area contributed by atoms with E-state index < -0.39 is 37.5 Å². The van der Waals surface area contributed by atoms with Gasteiger partial charge < -0.3 is 34.3 Å². The summed E-state index contributed by atoms with van der Waals surface area (Å²) in [7, 11) is -4.59. The molecule has 352 valence electrons. The number of fused-ring (bicyclic) bond motifs is 3. The summed E-state index contributed by atoms with van der Waals surface area (Å²) in [6, 6.07) is 20.0. The fourth-order valence-corrected chi connectivity index (χ4v) is 12.9. The molecule has 2 aromatic heterocycles. The van der Waals surface area contributed by atoms with E-state index in [0.29, 0.717) is 68.0 Å². The lowest BCUT2D eigenvalue weighted by Gasteiger charge is -2.56. The van der Waals surface area contributed by atoms with E-state index in [9.17, 15) is 23.3 Å². The number of piperidine rings is 1. The number of carbonyl (C=O) groups excluding carboxylic acids is 1. The van der Waals surface area contributed by atoms with Gasteiger partial charge in [0, 0.05) is 73.3 Å². The van der Waals surface area contributed by atoms with Gasteiger partial charge in [-0.1, -0.05) is 17.7 Å². The van der Waals surface area contributed by atoms with Crippen molar-refractivity contribution in [3.8, 4) is 5.88 Å². The maximum Gasteiger partial charge on any atom is 0.293 e. The third-order valence-corrected chi connectivity index (χ3v) is 16.9. The molecular formula is C49H55ClN8O8S. The molecule has 16 nitrogen and oxygen atoms in total. The lowest BCUT2D eigenvalue weighted by molar-refractivity contribution is -0.384. The van der Waals surface area contributed by atoms with Gasteiger partial charge in [0.2, 0.25) is 5.88 Å². The minimum absolute atomic E-state index is 0.107. The third-order valence-electron chi connectivity index (χ3n) is 15.3. The highest BCUT2D eigenvalue weighted by molar-refractivity contribution is 7.90. The van der Waals surface area contributed by atoms with Crippen LogP contribution >= 0.6 is 11.6 Å². The quantitative estimate of drug-likeness (QED) is 0.0850. The molecule has 0 radical (unpaired) electrons. The Morgan fingerprint density at radius 2 is 1.79 bits per heavy atom. The zero-order chi connectivity index (χ0) is 46.0. The summed E-state index contributed by atoms with van der Waals surface area (Å²) >= 11 is 6.33. The number of sulfonamides is 1. The van der Waals surface area contributed by atoms with Crippen molar-refractivity contribution in [2.45, 2.75) is 87.4 Å². The van der Waals surface area contributed by atoms with Crippen LogP contribution in [-0.4, -0.2) is 105 Å². The number of benzene rings is 3. The zero-order valence-corrected chi connectivity index (χ0v) is 39.0. The van der Waals surface area contributed by atoms with Gasteiger partial charge in [0.1, 0.15) is 23.1 Å². The Kier molecular flexibility index (Phi) is 11.6. The number of rotatable bonds is 11. The molecule has 5 aromatic rings. The van der Waals surface area contributed by atoms with Crippen molar-refractivity contribution >= 4 is 67.0 Å². The number of likely N-dealkylation sites (tertiary alicyclic amines) is 1. The van der Waals surface area contributed by atoms with Crippen molar-refractivity contribution in [2.24, 2.45) is 11.3 Å². The number of ether oxygens (including phenoxy) is 3. The van der Waals surface area contributed by atoms with E-state index in [-0.39, 0.29) is 28.6 Å². The van der Waals surface area contributed by atoms with Gasteiger partial charge in [0.15, 0.2) is 0 Å². The SMILES string of the molecule is Cc1cc(Cl)ccc1[C@@H]1CCCN1C1CC2(CCN(c3ccc(C(=O)NS(=O)(=O)c4ccc(NCC5CCOCC5)c([N+](=O)[O-])c4)c(N4c5cc6cc[nH]c6nc5O[C@@H]5COC[C@H]54)c3)CC2)C1. The van der Waals surface area contributed by atoms with E-state index in [4.69, 9.17) is 30.8 Å². The predicted octanol–water partition coefficient (Wildman–Crippen LogP) is 8.27. The van der Waals surface area contributed by atoms with Crippen LogP contribution in [0.1, 0.15) is 78.9 Å². The van der Waals surface area contributed by atoms with E-state index in [1.807, 2.05) is 35.2 Å². The normalized spacial score (nSPS) is 23.2. The van der Waals surface area contributed by atoms with Crippen molar-refractivity contribution in [1.29, 1.82) is 0 Å². The number of hydrogen-bond donors (Lipinski definition) is 3. The molecule has 1 amide bonds. The van der Waals surface area contributed by atoms with Gasteiger partial charge in [-0.2, -0.15) is 4.98 Å². The van der Waals surface area contributed by atoms with Gasteiger partial charge >= 0.3 is 0 Å². The molecule has 5 fully saturated rings. The van der Waals surface area contributed by atoms with Crippen molar-refractivity contribution < 1.29 is 32.3 Å². The van der Waals surface area contributed by atoms with Gasteiger partial charge in [-0.05, 0) is 142 Å². The van der Waals surface area contributed by atoms with E-state index in [0.717, 1.165) is 67.5 Å². The van der Waals surface area contributed by atoms with Crippen molar-refractivity contribution in [3.63, 3.8) is 0 Å². The Labute approximate surface area is 394 Å². The molecule has 1 saturated carbocycles. The lowest BCUT2D eigenvalue weighted by atomic mass is 9.59. The number of anilines is 4. The number of carbonyl (C=O) groups is 1. The van der Waals surface area contributed by atoms with E-state index in [2.05, 4.69) is 43.9 Å². The smallest absolute Gasteiger partial charge is 0.293 e. The number of nitrogens with one attached hydrogen (secondary N) is 3. The first kappa shape index (κ1) is 44.1. The monoisotopic (exact) mass is 950 g/mol. The number of pyridine rings is 1. The number of nitro groups is 1. The van der Waals surface area contributed by atoms with Crippen LogP contribution in [0.3, 0.4) is 0 Å². The van der Waals surface area contributed by atoms with Crippen molar-refractivity contribution in [2.75, 3.05) is 67.7 Å². The summed E-state index contributed by atoms with van der Waals surface area (Å²) in [5.74, 6) is -0.237. The van der Waals surface area contributed by atoms with Crippen LogP contribution in [0.25, 0.3) is 11.0 Å². The maximum absolute atomic E-state index is 14.6. The average molecular weight is 952 g/mol. The van der Waals surface area contributed by atoms with Crippen LogP contribution in [-0.2, 0) is 19.5 Å². The molecule has 7 heterocycles. The van der Waals surface area contributed by atoms with Gasteiger partial charge in [0.05, 0.1) is 40.3 Å². The minimum atomic E-state index is -4.59. The summed E-state index contributed by atoms with van der Waals surface area (Å²) in [6.07, 6.45) is 9.85. The van der Waals surface area contributed by atoms with Crippen molar-refractivity contribution in [3.05, 3.63) is 105 Å². The van der Waals surface area contributed by atoms with Crippen LogP contribution in [0.2, 0.25) is 5.02 Å². The number of amides is 1. The third kappa shape index (κ3) is 8.36. The van der Waals surface area contributed by atoms with Gasteiger partial charge in [-0.15, -0.1) is 0 Å². The lowest BCUT2D eigenvalue weighted by Crippen LogP contribution is -2.55. The number of aromatic nitrogens is 2. The number of nitro benzene ring substituents is 1. The van der Waals surface area contributed by atoms with Crippen LogP contribution in [0.5, 0.6) is 5.88 Å². The molecule has 3 aromatic carbocycles. The summed E-state index contributed by atoms with van der Waals surface area (Å²) < 4.78 is 48.2. The first-order valence-electron chi connectivity index (χ1n) is 23.5. The Bertz CT molecular complexity index is 2840. The summed E-state index contributed by atoms with van der Waals surface area (Å²) in [5, 5.41) is 17.0. The molecule has 0 unspecified atom stereocenters. The van der Waals surface area contributed by atoms with Gasteiger partial charge in [0.25, 0.3) is 21.6 Å². The number of H-pyrrole nitrogens is 1. The molecule has 3 N–H and O–H groups in total.